The van der Waals surface area contributed by atoms with E-state index in [-0.39, 0.29) is 17.7 Å². The van der Waals surface area contributed by atoms with Crippen LogP contribution in [0.25, 0.3) is 0 Å². The van der Waals surface area contributed by atoms with Crippen molar-refractivity contribution in [1.82, 2.24) is 19.8 Å². The van der Waals surface area contributed by atoms with Crippen LogP contribution in [0.3, 0.4) is 0 Å². The van der Waals surface area contributed by atoms with Crippen LogP contribution in [0.5, 0.6) is 0 Å². The number of likely N-dealkylation sites (tertiary alicyclic amines) is 1. The van der Waals surface area contributed by atoms with Gasteiger partial charge >= 0.3 is 0 Å². The highest BCUT2D eigenvalue weighted by Gasteiger charge is 2.30. The Labute approximate surface area is 130 Å². The summed E-state index contributed by atoms with van der Waals surface area (Å²) in [6.07, 6.45) is 6.07. The van der Waals surface area contributed by atoms with E-state index in [4.69, 9.17) is 0 Å². The van der Waals surface area contributed by atoms with Crippen LogP contribution < -0.4 is 0 Å². The summed E-state index contributed by atoms with van der Waals surface area (Å²) in [6, 6.07) is 0. The highest BCUT2D eigenvalue weighted by atomic mass is 16.2. The lowest BCUT2D eigenvalue weighted by Crippen LogP contribution is -2.33. The predicted molar refractivity (Wildman–Crippen MR) is 81.3 cm³/mol. The molecule has 1 saturated carbocycles. The molecule has 0 spiro atoms. The van der Waals surface area contributed by atoms with Crippen LogP contribution in [-0.4, -0.2) is 58.3 Å². The standard InChI is InChI=1S/C16H22N4O2/c1-3-20-10-11(6-14(20)21)9-19(2)16(22)13-7-17-15(18-8-13)12-4-5-12/h7-8,11-12H,3-6,9-10H2,1-2H3. The molecule has 0 bridgehead atoms. The van der Waals surface area contributed by atoms with Crippen molar-refractivity contribution >= 4 is 11.8 Å². The van der Waals surface area contributed by atoms with Gasteiger partial charge in [-0.3, -0.25) is 9.59 Å². The number of aromatic nitrogens is 2. The van der Waals surface area contributed by atoms with Crippen molar-refractivity contribution < 1.29 is 9.59 Å². The monoisotopic (exact) mass is 302 g/mol. The molecule has 1 aromatic heterocycles. The zero-order valence-electron chi connectivity index (χ0n) is 13.2. The van der Waals surface area contributed by atoms with Crippen LogP contribution in [-0.2, 0) is 4.79 Å². The molecule has 6 nitrogen and oxygen atoms in total. The lowest BCUT2D eigenvalue weighted by atomic mass is 10.1. The second-order valence-electron chi connectivity index (χ2n) is 6.29. The van der Waals surface area contributed by atoms with E-state index < -0.39 is 0 Å². The third-order valence-corrected chi connectivity index (χ3v) is 4.42. The molecule has 0 N–H and O–H groups in total. The summed E-state index contributed by atoms with van der Waals surface area (Å²) in [5.41, 5.74) is 0.517. The number of carbonyl (C=O) groups is 2. The molecule has 1 unspecified atom stereocenters. The maximum Gasteiger partial charge on any atom is 0.256 e. The van der Waals surface area contributed by atoms with Gasteiger partial charge in [-0.2, -0.15) is 0 Å². The molecule has 1 atom stereocenters. The van der Waals surface area contributed by atoms with Gasteiger partial charge in [0.05, 0.1) is 5.56 Å². The first-order valence-electron chi connectivity index (χ1n) is 7.93. The van der Waals surface area contributed by atoms with Crippen LogP contribution >= 0.6 is 0 Å². The summed E-state index contributed by atoms with van der Waals surface area (Å²) in [4.78, 5) is 36.3. The van der Waals surface area contributed by atoms with E-state index in [2.05, 4.69) is 9.97 Å². The minimum atomic E-state index is -0.0789. The Morgan fingerprint density at radius 2 is 2.05 bits per heavy atom. The molecule has 0 aromatic carbocycles. The lowest BCUT2D eigenvalue weighted by molar-refractivity contribution is -0.127. The van der Waals surface area contributed by atoms with E-state index in [1.807, 2.05) is 11.8 Å². The first kappa shape index (κ1) is 14.9. The molecular formula is C16H22N4O2. The lowest BCUT2D eigenvalue weighted by Gasteiger charge is -2.21. The zero-order chi connectivity index (χ0) is 15.7. The van der Waals surface area contributed by atoms with Gasteiger partial charge in [-0.05, 0) is 19.8 Å². The summed E-state index contributed by atoms with van der Waals surface area (Å²) < 4.78 is 0. The molecule has 1 saturated heterocycles. The fourth-order valence-corrected chi connectivity index (χ4v) is 2.97. The van der Waals surface area contributed by atoms with Crippen molar-refractivity contribution in [2.75, 3.05) is 26.7 Å². The molecule has 118 valence electrons. The largest absolute Gasteiger partial charge is 0.343 e. The molecule has 1 aromatic rings. The third kappa shape index (κ3) is 3.10. The van der Waals surface area contributed by atoms with Gasteiger partial charge in [0.2, 0.25) is 5.91 Å². The van der Waals surface area contributed by atoms with Crippen LogP contribution in [0.1, 0.15) is 48.3 Å². The predicted octanol–water partition coefficient (Wildman–Crippen LogP) is 1.29. The van der Waals surface area contributed by atoms with E-state index >= 15 is 0 Å². The maximum absolute atomic E-state index is 12.4. The van der Waals surface area contributed by atoms with Crippen LogP contribution in [0.4, 0.5) is 0 Å². The first-order valence-corrected chi connectivity index (χ1v) is 7.93. The Hall–Kier alpha value is -1.98. The van der Waals surface area contributed by atoms with E-state index in [1.54, 1.807) is 24.3 Å². The molecule has 2 amide bonds. The fourth-order valence-electron chi connectivity index (χ4n) is 2.97. The van der Waals surface area contributed by atoms with E-state index in [9.17, 15) is 9.59 Å². The number of rotatable bonds is 5. The van der Waals surface area contributed by atoms with Gasteiger partial charge in [0.15, 0.2) is 0 Å². The SMILES string of the molecule is CCN1CC(CN(C)C(=O)c2cnc(C3CC3)nc2)CC1=O. The third-order valence-electron chi connectivity index (χ3n) is 4.42. The van der Waals surface area contributed by atoms with Gasteiger partial charge in [-0.15, -0.1) is 0 Å². The molecule has 0 radical (unpaired) electrons. The molecule has 2 heterocycles. The van der Waals surface area contributed by atoms with Gasteiger partial charge in [0.25, 0.3) is 5.91 Å². The zero-order valence-corrected chi connectivity index (χ0v) is 13.2. The van der Waals surface area contributed by atoms with Crippen molar-refractivity contribution in [3.05, 3.63) is 23.8 Å². The van der Waals surface area contributed by atoms with Gasteiger partial charge in [0.1, 0.15) is 5.82 Å². The number of carbonyl (C=O) groups excluding carboxylic acids is 2. The average molecular weight is 302 g/mol. The normalized spacial score (nSPS) is 21.3. The van der Waals surface area contributed by atoms with Crippen LogP contribution in [0.15, 0.2) is 12.4 Å². The smallest absolute Gasteiger partial charge is 0.256 e. The topological polar surface area (TPSA) is 66.4 Å². The van der Waals surface area contributed by atoms with Crippen molar-refractivity contribution in [1.29, 1.82) is 0 Å². The number of hydrogen-bond acceptors (Lipinski definition) is 4. The van der Waals surface area contributed by atoms with Gasteiger partial charge in [-0.1, -0.05) is 0 Å². The second-order valence-corrected chi connectivity index (χ2v) is 6.29. The molecule has 2 aliphatic rings. The molecule has 1 aliphatic carbocycles. The van der Waals surface area contributed by atoms with Gasteiger partial charge in [-0.25, -0.2) is 9.97 Å². The van der Waals surface area contributed by atoms with E-state index in [1.165, 1.54) is 0 Å². The number of hydrogen-bond donors (Lipinski definition) is 0. The fraction of sp³-hybridized carbons (Fsp3) is 0.625. The highest BCUT2D eigenvalue weighted by Crippen LogP contribution is 2.37. The first-order chi connectivity index (χ1) is 10.6. The molecule has 22 heavy (non-hydrogen) atoms. The van der Waals surface area contributed by atoms with Crippen molar-refractivity contribution in [3.8, 4) is 0 Å². The summed E-state index contributed by atoms with van der Waals surface area (Å²) in [5, 5.41) is 0. The molecule has 2 fully saturated rings. The second kappa shape index (κ2) is 6.02. The number of amides is 2. The Balaban J connectivity index is 1.58. The van der Waals surface area contributed by atoms with Gasteiger partial charge in [0, 0.05) is 57.3 Å². The van der Waals surface area contributed by atoms with Gasteiger partial charge < -0.3 is 9.80 Å². The Morgan fingerprint density at radius 1 is 1.36 bits per heavy atom. The van der Waals surface area contributed by atoms with Crippen LogP contribution in [0, 0.1) is 5.92 Å². The maximum atomic E-state index is 12.4. The molecule has 3 rings (SSSR count). The Kier molecular flexibility index (Phi) is 4.09. The summed E-state index contributed by atoms with van der Waals surface area (Å²) in [7, 11) is 1.77. The van der Waals surface area contributed by atoms with Crippen molar-refractivity contribution in [2.45, 2.75) is 32.1 Å². The summed E-state index contributed by atoms with van der Waals surface area (Å²) >= 11 is 0. The minimum Gasteiger partial charge on any atom is -0.343 e. The van der Waals surface area contributed by atoms with Crippen molar-refractivity contribution in [3.63, 3.8) is 0 Å². The quantitative estimate of drug-likeness (QED) is 0.822. The number of nitrogens with zero attached hydrogens (tertiary/aromatic N) is 4. The van der Waals surface area contributed by atoms with E-state index in [0.29, 0.717) is 24.4 Å². The highest BCUT2D eigenvalue weighted by molar-refractivity contribution is 5.93. The molecule has 1 aliphatic heterocycles. The Morgan fingerprint density at radius 3 is 2.59 bits per heavy atom. The molecule has 6 heteroatoms. The summed E-state index contributed by atoms with van der Waals surface area (Å²) in [5.74, 6) is 1.66. The summed E-state index contributed by atoms with van der Waals surface area (Å²) in [6.45, 7) is 4.05. The van der Waals surface area contributed by atoms with E-state index in [0.717, 1.165) is 31.8 Å². The molecular weight excluding hydrogens is 280 g/mol. The van der Waals surface area contributed by atoms with Crippen LogP contribution in [0.2, 0.25) is 0 Å². The average Bonchev–Trinajstić information content (AvgIpc) is 3.31. The minimum absolute atomic E-state index is 0.0789. The van der Waals surface area contributed by atoms with Crippen molar-refractivity contribution in [2.24, 2.45) is 5.92 Å². The Bertz CT molecular complexity index is 568.